The Bertz CT molecular complexity index is 712. The van der Waals surface area contributed by atoms with Gasteiger partial charge in [0.15, 0.2) is 0 Å². The number of amides is 1. The highest BCUT2D eigenvalue weighted by Gasteiger charge is 2.41. The summed E-state index contributed by atoms with van der Waals surface area (Å²) in [6, 6.07) is 5.62. The molecule has 2 aromatic rings. The highest BCUT2D eigenvalue weighted by atomic mass is 16.5. The lowest BCUT2D eigenvalue weighted by atomic mass is 9.91. The van der Waals surface area contributed by atoms with Gasteiger partial charge < -0.3 is 19.0 Å². The van der Waals surface area contributed by atoms with Crippen LogP contribution in [0.3, 0.4) is 0 Å². The summed E-state index contributed by atoms with van der Waals surface area (Å²) in [7, 11) is 0. The third-order valence-corrected chi connectivity index (χ3v) is 5.01. The van der Waals surface area contributed by atoms with Gasteiger partial charge in [-0.2, -0.15) is 0 Å². The second kappa shape index (κ2) is 7.01. The number of hydrogen-bond acceptors (Lipinski definition) is 6. The monoisotopic (exact) mass is 345 g/mol. The number of hydrogen-bond donors (Lipinski definition) is 1. The van der Waals surface area contributed by atoms with Crippen molar-refractivity contribution in [2.75, 3.05) is 13.1 Å². The van der Waals surface area contributed by atoms with Crippen molar-refractivity contribution >= 4 is 5.91 Å². The normalized spacial score (nSPS) is 26.5. The number of aryl methyl sites for hydroxylation is 1. The van der Waals surface area contributed by atoms with Crippen molar-refractivity contribution in [1.29, 1.82) is 0 Å². The summed E-state index contributed by atoms with van der Waals surface area (Å²) in [6.07, 6.45) is 3.20. The van der Waals surface area contributed by atoms with E-state index in [0.717, 1.165) is 49.7 Å². The number of ether oxygens (including phenoxy) is 1. The zero-order chi connectivity index (χ0) is 17.2. The molecule has 2 aliphatic heterocycles. The number of nitrogens with one attached hydrogen (secondary N) is 1. The van der Waals surface area contributed by atoms with Gasteiger partial charge in [0.1, 0.15) is 17.6 Å². The quantitative estimate of drug-likeness (QED) is 0.891. The van der Waals surface area contributed by atoms with E-state index in [4.69, 9.17) is 13.7 Å². The second-order valence-corrected chi connectivity index (χ2v) is 6.91. The number of piperidine rings is 1. The van der Waals surface area contributed by atoms with Gasteiger partial charge in [-0.1, -0.05) is 5.16 Å². The molecule has 2 fully saturated rings. The first-order valence-electron chi connectivity index (χ1n) is 8.77. The van der Waals surface area contributed by atoms with Crippen LogP contribution in [-0.4, -0.2) is 41.3 Å². The van der Waals surface area contributed by atoms with Crippen molar-refractivity contribution in [3.8, 4) is 0 Å². The van der Waals surface area contributed by atoms with E-state index in [2.05, 4.69) is 15.4 Å². The number of aromatic nitrogens is 1. The Labute approximate surface area is 146 Å². The number of nitrogens with zero attached hydrogens (tertiary/aromatic N) is 2. The summed E-state index contributed by atoms with van der Waals surface area (Å²) in [6.45, 7) is 4.89. The van der Waals surface area contributed by atoms with Gasteiger partial charge in [-0.3, -0.25) is 9.69 Å². The van der Waals surface area contributed by atoms with Crippen LogP contribution in [0, 0.1) is 12.8 Å². The van der Waals surface area contributed by atoms with E-state index in [-0.39, 0.29) is 18.1 Å². The predicted molar refractivity (Wildman–Crippen MR) is 88.5 cm³/mol. The topological polar surface area (TPSA) is 80.7 Å². The Kier molecular flexibility index (Phi) is 4.59. The van der Waals surface area contributed by atoms with Crippen LogP contribution in [0.4, 0.5) is 0 Å². The van der Waals surface area contributed by atoms with Crippen molar-refractivity contribution < 1.29 is 18.5 Å². The Morgan fingerprint density at radius 1 is 1.48 bits per heavy atom. The molecule has 2 aliphatic rings. The molecule has 1 amide bonds. The molecular weight excluding hydrogens is 322 g/mol. The van der Waals surface area contributed by atoms with E-state index < -0.39 is 0 Å². The Morgan fingerprint density at radius 2 is 2.40 bits per heavy atom. The molecule has 25 heavy (non-hydrogen) atoms. The van der Waals surface area contributed by atoms with Gasteiger partial charge in [0.05, 0.1) is 24.6 Å². The average Bonchev–Trinajstić information content (AvgIpc) is 3.33. The fourth-order valence-electron chi connectivity index (χ4n) is 3.73. The number of likely N-dealkylation sites (tertiary alicyclic amines) is 1. The minimum absolute atomic E-state index is 0.0514. The smallest absolute Gasteiger partial charge is 0.249 e. The molecule has 0 aliphatic carbocycles. The van der Waals surface area contributed by atoms with Crippen molar-refractivity contribution in [3.05, 3.63) is 41.7 Å². The van der Waals surface area contributed by atoms with E-state index in [1.807, 2.05) is 25.1 Å². The van der Waals surface area contributed by atoms with Crippen LogP contribution in [0.15, 0.2) is 33.4 Å². The highest BCUT2D eigenvalue weighted by Crippen LogP contribution is 2.33. The van der Waals surface area contributed by atoms with Crippen LogP contribution in [0.25, 0.3) is 0 Å². The van der Waals surface area contributed by atoms with Gasteiger partial charge in [0.25, 0.3) is 0 Å². The maximum atomic E-state index is 12.3. The first-order chi connectivity index (χ1) is 12.2. The van der Waals surface area contributed by atoms with Crippen LogP contribution >= 0.6 is 0 Å². The summed E-state index contributed by atoms with van der Waals surface area (Å²) in [5, 5.41) is 6.95. The molecule has 7 nitrogen and oxygen atoms in total. The molecule has 4 heterocycles. The molecule has 0 radical (unpaired) electrons. The fraction of sp³-hybridized carbons (Fsp3) is 0.556. The van der Waals surface area contributed by atoms with Gasteiger partial charge in [-0.15, -0.1) is 0 Å². The molecule has 2 aromatic heterocycles. The van der Waals surface area contributed by atoms with Gasteiger partial charge in [0.2, 0.25) is 5.91 Å². The van der Waals surface area contributed by atoms with E-state index in [1.54, 1.807) is 6.26 Å². The maximum absolute atomic E-state index is 12.3. The largest absolute Gasteiger partial charge is 0.467 e. The zero-order valence-electron chi connectivity index (χ0n) is 14.3. The number of fused-ring (bicyclic) bond motifs is 1. The number of furan rings is 1. The number of carbonyl (C=O) groups excluding carboxylic acids is 1. The number of rotatable bonds is 5. The first kappa shape index (κ1) is 16.4. The molecular formula is C18H23N3O4. The SMILES string of the molecule is Cc1cc(CN2CC[C@H]3C[C@H](C(=O)NCc4ccco4)O[C@H]3C2)no1. The van der Waals surface area contributed by atoms with Crippen molar-refractivity contribution in [3.63, 3.8) is 0 Å². The molecule has 0 unspecified atom stereocenters. The zero-order valence-corrected chi connectivity index (χ0v) is 14.3. The molecule has 134 valence electrons. The van der Waals surface area contributed by atoms with Gasteiger partial charge in [-0.25, -0.2) is 0 Å². The standard InChI is InChI=1S/C18H23N3O4/c1-12-7-14(20-25-12)10-21-5-4-13-8-16(24-17(13)11-21)18(22)19-9-15-3-2-6-23-15/h2-3,6-7,13,16-17H,4-5,8-11H2,1H3,(H,19,22)/t13-,16+,17-/m0/s1. The van der Waals surface area contributed by atoms with Crippen molar-refractivity contribution in [2.24, 2.45) is 5.92 Å². The Morgan fingerprint density at radius 3 is 3.16 bits per heavy atom. The van der Waals surface area contributed by atoms with Gasteiger partial charge in [-0.05, 0) is 44.4 Å². The molecule has 3 atom stereocenters. The maximum Gasteiger partial charge on any atom is 0.249 e. The first-order valence-corrected chi connectivity index (χ1v) is 8.77. The molecule has 0 bridgehead atoms. The van der Waals surface area contributed by atoms with Crippen LogP contribution < -0.4 is 5.32 Å². The van der Waals surface area contributed by atoms with Gasteiger partial charge in [0, 0.05) is 19.2 Å². The summed E-state index contributed by atoms with van der Waals surface area (Å²) < 4.78 is 16.4. The molecule has 4 rings (SSSR count). The van der Waals surface area contributed by atoms with Gasteiger partial charge >= 0.3 is 0 Å². The molecule has 0 spiro atoms. The van der Waals surface area contributed by atoms with Crippen LogP contribution in [0.2, 0.25) is 0 Å². The molecule has 1 N–H and O–H groups in total. The fourth-order valence-corrected chi connectivity index (χ4v) is 3.73. The third-order valence-electron chi connectivity index (χ3n) is 5.01. The number of carbonyl (C=O) groups is 1. The summed E-state index contributed by atoms with van der Waals surface area (Å²) in [5.74, 6) is 1.98. The third kappa shape index (κ3) is 3.77. The lowest BCUT2D eigenvalue weighted by molar-refractivity contribution is -0.133. The summed E-state index contributed by atoms with van der Waals surface area (Å²) in [5.41, 5.74) is 0.946. The molecule has 0 saturated carbocycles. The molecule has 7 heteroatoms. The molecule has 2 saturated heterocycles. The van der Waals surface area contributed by atoms with Crippen LogP contribution in [-0.2, 0) is 22.6 Å². The predicted octanol–water partition coefficient (Wildman–Crippen LogP) is 1.87. The lowest BCUT2D eigenvalue weighted by Gasteiger charge is -2.33. The highest BCUT2D eigenvalue weighted by molar-refractivity contribution is 5.81. The Balaban J connectivity index is 1.28. The summed E-state index contributed by atoms with van der Waals surface area (Å²) in [4.78, 5) is 14.7. The minimum Gasteiger partial charge on any atom is -0.467 e. The van der Waals surface area contributed by atoms with Crippen LogP contribution in [0.5, 0.6) is 0 Å². The molecule has 0 aromatic carbocycles. The average molecular weight is 345 g/mol. The van der Waals surface area contributed by atoms with Crippen molar-refractivity contribution in [1.82, 2.24) is 15.4 Å². The van der Waals surface area contributed by atoms with Crippen LogP contribution in [0.1, 0.15) is 30.1 Å². The van der Waals surface area contributed by atoms with E-state index in [1.165, 1.54) is 0 Å². The second-order valence-electron chi connectivity index (χ2n) is 6.91. The Hall–Kier alpha value is -2.12. The van der Waals surface area contributed by atoms with Crippen molar-refractivity contribution in [2.45, 2.75) is 45.1 Å². The minimum atomic E-state index is -0.362. The van der Waals surface area contributed by atoms with E-state index in [0.29, 0.717) is 12.5 Å². The summed E-state index contributed by atoms with van der Waals surface area (Å²) >= 11 is 0. The lowest BCUT2D eigenvalue weighted by Crippen LogP contribution is -2.42. The van der Waals surface area contributed by atoms with E-state index >= 15 is 0 Å². The van der Waals surface area contributed by atoms with E-state index in [9.17, 15) is 4.79 Å².